The normalized spacial score (nSPS) is 50.6. The zero-order valence-corrected chi connectivity index (χ0v) is 18.8. The topological polar surface area (TPSA) is 130 Å². The molecule has 8 nitrogen and oxygen atoms in total. The summed E-state index contributed by atoms with van der Waals surface area (Å²) >= 11 is 0. The number of ether oxygens (including phenoxy) is 2. The molecule has 0 aromatic carbocycles. The van der Waals surface area contributed by atoms with Crippen LogP contribution in [0.1, 0.15) is 47.0 Å². The van der Waals surface area contributed by atoms with Crippen molar-refractivity contribution in [1.82, 2.24) is 0 Å². The largest absolute Gasteiger partial charge is 0.462 e. The molecule has 4 aliphatic rings. The van der Waals surface area contributed by atoms with Gasteiger partial charge in [-0.1, -0.05) is 20.8 Å². The molecule has 10 atom stereocenters. The number of aliphatic hydroxyl groups is 3. The first-order chi connectivity index (χ1) is 14.3. The Hall–Kier alpha value is -1.35. The van der Waals surface area contributed by atoms with Gasteiger partial charge in [-0.05, 0) is 18.8 Å². The molecule has 4 rings (SSSR count). The predicted molar refractivity (Wildman–Crippen MR) is 108 cm³/mol. The lowest BCUT2D eigenvalue weighted by molar-refractivity contribution is -0.257. The highest BCUT2D eigenvalue weighted by Gasteiger charge is 2.78. The molecule has 0 heterocycles. The van der Waals surface area contributed by atoms with Crippen LogP contribution in [-0.2, 0) is 23.9 Å². The van der Waals surface area contributed by atoms with Gasteiger partial charge in [-0.2, -0.15) is 0 Å². The number of fused-ring (bicyclic) bond motifs is 3. The van der Waals surface area contributed by atoms with Gasteiger partial charge in [-0.3, -0.25) is 14.4 Å². The van der Waals surface area contributed by atoms with E-state index in [4.69, 9.17) is 9.47 Å². The number of carbonyl (C=O) groups excluding carboxylic acids is 3. The fourth-order valence-electron chi connectivity index (χ4n) is 8.05. The zero-order chi connectivity index (χ0) is 23.1. The van der Waals surface area contributed by atoms with Crippen LogP contribution in [0.15, 0.2) is 0 Å². The minimum atomic E-state index is -1.58. The molecule has 4 fully saturated rings. The Balaban J connectivity index is 1.95. The van der Waals surface area contributed by atoms with Gasteiger partial charge >= 0.3 is 5.97 Å². The van der Waals surface area contributed by atoms with Gasteiger partial charge in [0.25, 0.3) is 0 Å². The van der Waals surface area contributed by atoms with Crippen molar-refractivity contribution >= 4 is 17.5 Å². The number of aliphatic hydroxyl groups excluding tert-OH is 3. The quantitative estimate of drug-likeness (QED) is 0.543. The molecule has 0 radical (unpaired) electrons. The molecule has 8 heteroatoms. The monoisotopic (exact) mass is 438 g/mol. The van der Waals surface area contributed by atoms with Crippen molar-refractivity contribution in [1.29, 1.82) is 0 Å². The fraction of sp³-hybridized carbons (Fsp3) is 0.870. The Morgan fingerprint density at radius 2 is 1.74 bits per heavy atom. The van der Waals surface area contributed by atoms with Crippen molar-refractivity contribution in [2.45, 2.75) is 71.4 Å². The van der Waals surface area contributed by atoms with E-state index in [2.05, 4.69) is 0 Å². The molecule has 4 saturated carbocycles. The number of hydrogen-bond acceptors (Lipinski definition) is 8. The lowest BCUT2D eigenvalue weighted by Gasteiger charge is -2.66. The number of ketones is 2. The number of methoxy groups -OCH3 is 1. The minimum Gasteiger partial charge on any atom is -0.462 e. The summed E-state index contributed by atoms with van der Waals surface area (Å²) < 4.78 is 11.0. The number of rotatable bonds is 3. The van der Waals surface area contributed by atoms with Gasteiger partial charge in [0, 0.05) is 49.0 Å². The maximum Gasteiger partial charge on any atom is 0.302 e. The highest BCUT2D eigenvalue weighted by atomic mass is 16.5. The highest BCUT2D eigenvalue weighted by molar-refractivity contribution is 6.00. The second kappa shape index (κ2) is 7.07. The molecule has 4 aliphatic carbocycles. The van der Waals surface area contributed by atoms with Crippen LogP contribution in [0, 0.1) is 39.9 Å². The summed E-state index contributed by atoms with van der Waals surface area (Å²) in [6.07, 6.45) is -3.60. The van der Waals surface area contributed by atoms with Crippen LogP contribution in [0.5, 0.6) is 0 Å². The Kier molecular flexibility index (Phi) is 5.21. The Morgan fingerprint density at radius 1 is 1.10 bits per heavy atom. The Bertz CT molecular complexity index is 807. The number of hydrogen-bond donors (Lipinski definition) is 3. The molecule has 0 saturated heterocycles. The van der Waals surface area contributed by atoms with Gasteiger partial charge in [0.15, 0.2) is 5.78 Å². The third kappa shape index (κ3) is 2.71. The van der Waals surface area contributed by atoms with Crippen LogP contribution < -0.4 is 0 Å². The molecule has 0 aliphatic heterocycles. The predicted octanol–water partition coefficient (Wildman–Crippen LogP) is 0.494. The molecule has 3 N–H and O–H groups in total. The average Bonchev–Trinajstić information content (AvgIpc) is 2.87. The second-order valence-electron chi connectivity index (χ2n) is 11.0. The van der Waals surface area contributed by atoms with Gasteiger partial charge in [0.05, 0.1) is 24.2 Å². The van der Waals surface area contributed by atoms with Crippen molar-refractivity contribution < 1.29 is 39.2 Å². The van der Waals surface area contributed by atoms with E-state index in [0.717, 1.165) is 0 Å². The van der Waals surface area contributed by atoms with E-state index >= 15 is 0 Å². The maximum atomic E-state index is 13.8. The summed E-state index contributed by atoms with van der Waals surface area (Å²) in [5, 5.41) is 33.4. The number of carbonyl (C=O) groups is 3. The van der Waals surface area contributed by atoms with E-state index in [9.17, 15) is 29.7 Å². The van der Waals surface area contributed by atoms with Crippen LogP contribution in [0.4, 0.5) is 0 Å². The molecular weight excluding hydrogens is 404 g/mol. The van der Waals surface area contributed by atoms with Crippen molar-refractivity contribution in [3.8, 4) is 0 Å². The SMILES string of the molecule is COCC1C(=O)C23CC1CC(OC(C)=O)C2C1(C)C(O)CC(O)C(C)(C)C1C(=O)C3O. The fourth-order valence-corrected chi connectivity index (χ4v) is 8.05. The number of Topliss-reactive ketones (excluding diaryl/α,β-unsaturated/α-hetero) is 2. The van der Waals surface area contributed by atoms with Gasteiger partial charge in [-0.15, -0.1) is 0 Å². The van der Waals surface area contributed by atoms with Crippen molar-refractivity contribution in [2.75, 3.05) is 13.7 Å². The standard InChI is InChI=1S/C23H34O8/c1-10(24)31-13-6-11-8-23(19(28)12(11)9-30-5)17(13)22(4)15(26)7-14(25)21(2,3)18(22)16(27)20(23)29/h11-15,17-18,20,25-26,29H,6-9H2,1-5H3. The zero-order valence-electron chi connectivity index (χ0n) is 18.8. The molecule has 1 spiro atoms. The van der Waals surface area contributed by atoms with Gasteiger partial charge < -0.3 is 24.8 Å². The Morgan fingerprint density at radius 3 is 2.32 bits per heavy atom. The van der Waals surface area contributed by atoms with E-state index in [-0.39, 0.29) is 24.7 Å². The summed E-state index contributed by atoms with van der Waals surface area (Å²) in [4.78, 5) is 39.5. The summed E-state index contributed by atoms with van der Waals surface area (Å²) in [5.41, 5.74) is -3.52. The first kappa shape index (κ1) is 22.8. The van der Waals surface area contributed by atoms with Crippen LogP contribution >= 0.6 is 0 Å². The Labute approximate surface area is 182 Å². The molecule has 0 amide bonds. The van der Waals surface area contributed by atoms with E-state index in [0.29, 0.717) is 12.8 Å². The van der Waals surface area contributed by atoms with Gasteiger partial charge in [0.2, 0.25) is 0 Å². The van der Waals surface area contributed by atoms with Crippen LogP contribution in [0.25, 0.3) is 0 Å². The third-order valence-corrected chi connectivity index (χ3v) is 9.19. The van der Waals surface area contributed by atoms with Gasteiger partial charge in [0.1, 0.15) is 18.0 Å². The molecule has 10 unspecified atom stereocenters. The lowest BCUT2D eigenvalue weighted by Crippen LogP contribution is -2.75. The third-order valence-electron chi connectivity index (χ3n) is 9.19. The molecule has 2 bridgehead atoms. The smallest absolute Gasteiger partial charge is 0.302 e. The molecule has 0 aromatic heterocycles. The minimum absolute atomic E-state index is 0.0435. The first-order valence-electron chi connectivity index (χ1n) is 11.1. The highest BCUT2D eigenvalue weighted by Crippen LogP contribution is 2.70. The number of esters is 1. The van der Waals surface area contributed by atoms with E-state index in [1.165, 1.54) is 14.0 Å². The summed E-state index contributed by atoms with van der Waals surface area (Å²) in [6.45, 7) is 6.74. The maximum absolute atomic E-state index is 13.8. The van der Waals surface area contributed by atoms with Crippen LogP contribution in [0.2, 0.25) is 0 Å². The molecular formula is C23H34O8. The van der Waals surface area contributed by atoms with Gasteiger partial charge in [-0.25, -0.2) is 0 Å². The van der Waals surface area contributed by atoms with Crippen molar-refractivity contribution in [3.05, 3.63) is 0 Å². The second-order valence-corrected chi connectivity index (χ2v) is 11.0. The average molecular weight is 439 g/mol. The lowest BCUT2D eigenvalue weighted by atomic mass is 9.38. The van der Waals surface area contributed by atoms with E-state index in [1.807, 2.05) is 0 Å². The first-order valence-corrected chi connectivity index (χ1v) is 11.1. The molecule has 0 aromatic rings. The van der Waals surface area contributed by atoms with Crippen molar-refractivity contribution in [2.24, 2.45) is 39.9 Å². The van der Waals surface area contributed by atoms with E-state index < -0.39 is 70.2 Å². The summed E-state index contributed by atoms with van der Waals surface area (Å²) in [6, 6.07) is 0. The summed E-state index contributed by atoms with van der Waals surface area (Å²) in [7, 11) is 1.50. The van der Waals surface area contributed by atoms with Crippen molar-refractivity contribution in [3.63, 3.8) is 0 Å². The van der Waals surface area contributed by atoms with Crippen LogP contribution in [-0.4, -0.2) is 71.0 Å². The van der Waals surface area contributed by atoms with E-state index in [1.54, 1.807) is 20.8 Å². The van der Waals surface area contributed by atoms with Crippen LogP contribution in [0.3, 0.4) is 0 Å². The molecule has 31 heavy (non-hydrogen) atoms. The summed E-state index contributed by atoms with van der Waals surface area (Å²) in [5.74, 6) is -3.59. The molecule has 174 valence electrons.